The Morgan fingerprint density at radius 3 is 2.73 bits per heavy atom. The van der Waals surface area contributed by atoms with Gasteiger partial charge in [-0.15, -0.1) is 0 Å². The van der Waals surface area contributed by atoms with Crippen LogP contribution in [-0.4, -0.2) is 58.6 Å². The summed E-state index contributed by atoms with van der Waals surface area (Å²) in [4.78, 5) is 33.7. The molecule has 3 heterocycles. The van der Waals surface area contributed by atoms with E-state index in [2.05, 4.69) is 20.0 Å². The molecule has 1 aliphatic rings. The van der Waals surface area contributed by atoms with Crippen LogP contribution in [0.2, 0.25) is 5.02 Å². The van der Waals surface area contributed by atoms with Gasteiger partial charge in [0.05, 0.1) is 12.4 Å². The van der Waals surface area contributed by atoms with Crippen LogP contribution in [0.1, 0.15) is 46.6 Å². The first-order valence-corrected chi connectivity index (χ1v) is 12.8. The van der Waals surface area contributed by atoms with Crippen LogP contribution >= 0.6 is 11.6 Å². The van der Waals surface area contributed by atoms with Gasteiger partial charge in [0.25, 0.3) is 5.91 Å². The summed E-state index contributed by atoms with van der Waals surface area (Å²) >= 11 is 6.22. The minimum atomic E-state index is -0.232. The van der Waals surface area contributed by atoms with Gasteiger partial charge in [0, 0.05) is 72.9 Å². The second-order valence-corrected chi connectivity index (χ2v) is 9.25. The van der Waals surface area contributed by atoms with Gasteiger partial charge in [-0.25, -0.2) is 4.98 Å². The molecule has 0 aliphatic carbocycles. The fraction of sp³-hybridized carbons (Fsp3) is 0.321. The highest BCUT2D eigenvalue weighted by molar-refractivity contribution is 6.31. The van der Waals surface area contributed by atoms with Crippen LogP contribution in [0.25, 0.3) is 10.9 Å². The molecule has 4 aromatic rings. The average molecular weight is 522 g/mol. The molecule has 0 saturated carbocycles. The number of aromatic amines is 1. The number of benzene rings is 2. The average Bonchev–Trinajstić information content (AvgIpc) is 3.58. The number of aromatic nitrogens is 3. The summed E-state index contributed by atoms with van der Waals surface area (Å²) in [5, 5.41) is 4.75. The van der Waals surface area contributed by atoms with E-state index in [-0.39, 0.29) is 11.9 Å². The topological polar surface area (TPSA) is 92.2 Å². The van der Waals surface area contributed by atoms with Crippen LogP contribution in [0.3, 0.4) is 0 Å². The number of methoxy groups -OCH3 is 1. The van der Waals surface area contributed by atoms with Crippen molar-refractivity contribution in [2.24, 2.45) is 0 Å². The first kappa shape index (κ1) is 26.4. The molecule has 9 heteroatoms. The Kier molecular flexibility index (Phi) is 8.98. The van der Waals surface area contributed by atoms with Crippen molar-refractivity contribution < 1.29 is 14.3 Å². The molecule has 194 valence electrons. The van der Waals surface area contributed by atoms with E-state index in [1.54, 1.807) is 24.5 Å². The first-order valence-electron chi connectivity index (χ1n) is 12.4. The Bertz CT molecular complexity index is 1320. The molecule has 2 aromatic heterocycles. The largest absolute Gasteiger partial charge is 0.385 e. The molecule has 2 amide bonds. The van der Waals surface area contributed by atoms with Crippen LogP contribution in [0.4, 0.5) is 0 Å². The Hall–Kier alpha value is -3.62. The van der Waals surface area contributed by atoms with Gasteiger partial charge >= 0.3 is 0 Å². The number of imidazole rings is 1. The van der Waals surface area contributed by atoms with E-state index in [4.69, 9.17) is 11.6 Å². The summed E-state index contributed by atoms with van der Waals surface area (Å²) in [6.45, 7) is 4.79. The maximum Gasteiger partial charge on any atom is 0.251 e. The minimum absolute atomic E-state index is 0.107. The number of ether oxygens (including phenoxy) is 1. The lowest BCUT2D eigenvalue weighted by Crippen LogP contribution is -2.35. The number of carbonyl (C=O) groups excluding carboxylic acids is 2. The highest BCUT2D eigenvalue weighted by atomic mass is 35.5. The molecule has 8 nitrogen and oxygen atoms in total. The van der Waals surface area contributed by atoms with E-state index in [1.807, 2.05) is 60.2 Å². The molecule has 0 radical (unpaired) electrons. The Balaban J connectivity index is 0.000000747. The van der Waals surface area contributed by atoms with Gasteiger partial charge in [0.15, 0.2) is 0 Å². The zero-order chi connectivity index (χ0) is 26.2. The van der Waals surface area contributed by atoms with Crippen molar-refractivity contribution in [3.63, 3.8) is 0 Å². The van der Waals surface area contributed by atoms with E-state index >= 15 is 0 Å². The van der Waals surface area contributed by atoms with Gasteiger partial charge in [0.1, 0.15) is 0 Å². The normalized spacial score (nSPS) is 14.6. The number of aryl methyl sites for hydroxylation is 1. The second kappa shape index (κ2) is 12.6. The van der Waals surface area contributed by atoms with Crippen molar-refractivity contribution in [1.82, 2.24) is 24.8 Å². The van der Waals surface area contributed by atoms with Gasteiger partial charge in [-0.1, -0.05) is 23.7 Å². The predicted molar refractivity (Wildman–Crippen MR) is 145 cm³/mol. The third-order valence-corrected chi connectivity index (χ3v) is 6.71. The number of amides is 2. The summed E-state index contributed by atoms with van der Waals surface area (Å²) in [6, 6.07) is 13.1. The van der Waals surface area contributed by atoms with E-state index in [0.29, 0.717) is 23.7 Å². The molecule has 5 rings (SSSR count). The Labute approximate surface area is 221 Å². The summed E-state index contributed by atoms with van der Waals surface area (Å²) in [6.07, 6.45) is 7.90. The Morgan fingerprint density at radius 2 is 2.05 bits per heavy atom. The molecular weight excluding hydrogens is 490 g/mol. The summed E-state index contributed by atoms with van der Waals surface area (Å²) in [7, 11) is 1.68. The molecule has 0 bridgehead atoms. The van der Waals surface area contributed by atoms with Crippen LogP contribution in [-0.2, 0) is 22.5 Å². The number of carbonyl (C=O) groups is 2. The number of hydrogen-bond donors (Lipinski definition) is 2. The Morgan fingerprint density at radius 1 is 1.27 bits per heavy atom. The first-order chi connectivity index (χ1) is 18.0. The van der Waals surface area contributed by atoms with Crippen molar-refractivity contribution in [2.75, 3.05) is 26.8 Å². The van der Waals surface area contributed by atoms with Gasteiger partial charge in [-0.05, 0) is 61.2 Å². The predicted octanol–water partition coefficient (Wildman–Crippen LogP) is 4.59. The third-order valence-electron chi connectivity index (χ3n) is 6.48. The van der Waals surface area contributed by atoms with Crippen molar-refractivity contribution >= 4 is 34.8 Å². The maximum atomic E-state index is 12.5. The standard InChI is InChI=1S/C25H24ClN5O2.C3H8O/c26-19-6-7-22-21(14-19)20-8-12-31(16-32)24(23(20)29-22)17-2-4-18(5-3-17)25(33)28-9-1-11-30-13-10-27-15-30;1-3-4-2/h2-7,10,13-16,24,29H,1,8-9,11-12H2,(H,28,33);3H2,1-2H3. The zero-order valence-corrected chi connectivity index (χ0v) is 21.9. The fourth-order valence-electron chi connectivity index (χ4n) is 4.55. The van der Waals surface area contributed by atoms with Gasteiger partial charge in [-0.2, -0.15) is 0 Å². The van der Waals surface area contributed by atoms with Gasteiger partial charge < -0.3 is 24.5 Å². The third kappa shape index (κ3) is 6.21. The van der Waals surface area contributed by atoms with Crippen molar-refractivity contribution in [3.8, 4) is 0 Å². The van der Waals surface area contributed by atoms with Crippen LogP contribution in [0, 0.1) is 0 Å². The number of hydrogen-bond acceptors (Lipinski definition) is 4. The van der Waals surface area contributed by atoms with E-state index < -0.39 is 0 Å². The lowest BCUT2D eigenvalue weighted by molar-refractivity contribution is -0.120. The molecule has 1 aliphatic heterocycles. The number of fused-ring (bicyclic) bond motifs is 3. The molecule has 0 spiro atoms. The van der Waals surface area contributed by atoms with E-state index in [0.717, 1.165) is 54.6 Å². The van der Waals surface area contributed by atoms with E-state index in [1.165, 1.54) is 5.56 Å². The summed E-state index contributed by atoms with van der Waals surface area (Å²) < 4.78 is 6.52. The monoisotopic (exact) mass is 521 g/mol. The molecule has 37 heavy (non-hydrogen) atoms. The number of H-pyrrole nitrogens is 1. The number of rotatable bonds is 8. The highest BCUT2D eigenvalue weighted by Gasteiger charge is 2.31. The van der Waals surface area contributed by atoms with Crippen molar-refractivity contribution in [3.05, 3.63) is 88.6 Å². The molecule has 2 N–H and O–H groups in total. The molecule has 0 saturated heterocycles. The molecular formula is C28H32ClN5O3. The highest BCUT2D eigenvalue weighted by Crippen LogP contribution is 2.38. The van der Waals surface area contributed by atoms with Crippen molar-refractivity contribution in [2.45, 2.75) is 32.4 Å². The molecule has 1 atom stereocenters. The van der Waals surface area contributed by atoms with Crippen LogP contribution in [0.5, 0.6) is 0 Å². The summed E-state index contributed by atoms with van der Waals surface area (Å²) in [5.74, 6) is -0.107. The zero-order valence-electron chi connectivity index (χ0n) is 21.1. The quantitative estimate of drug-likeness (QED) is 0.262. The van der Waals surface area contributed by atoms with E-state index in [9.17, 15) is 9.59 Å². The van der Waals surface area contributed by atoms with Crippen molar-refractivity contribution in [1.29, 1.82) is 0 Å². The minimum Gasteiger partial charge on any atom is -0.385 e. The lowest BCUT2D eigenvalue weighted by atomic mass is 9.92. The number of nitrogens with zero attached hydrogens (tertiary/aromatic N) is 3. The SMILES string of the molecule is CCOC.O=CN1CCc2c([nH]c3ccc(Cl)cc23)C1c1ccc(C(=O)NCCCn2ccnc2)cc1. The number of halogens is 1. The van der Waals surface area contributed by atoms with Crippen LogP contribution < -0.4 is 5.32 Å². The van der Waals surface area contributed by atoms with Crippen LogP contribution in [0.15, 0.2) is 61.2 Å². The molecule has 0 fully saturated rings. The van der Waals surface area contributed by atoms with Gasteiger partial charge in [-0.3, -0.25) is 9.59 Å². The maximum absolute atomic E-state index is 12.5. The lowest BCUT2D eigenvalue weighted by Gasteiger charge is -2.33. The second-order valence-electron chi connectivity index (χ2n) is 8.81. The fourth-order valence-corrected chi connectivity index (χ4v) is 4.72. The molecule has 2 aromatic carbocycles. The smallest absolute Gasteiger partial charge is 0.251 e. The summed E-state index contributed by atoms with van der Waals surface area (Å²) in [5.41, 5.74) is 4.75. The molecule has 1 unspecified atom stereocenters. The number of nitrogens with one attached hydrogen (secondary N) is 2. The van der Waals surface area contributed by atoms with Gasteiger partial charge in [0.2, 0.25) is 6.41 Å².